The summed E-state index contributed by atoms with van der Waals surface area (Å²) in [7, 11) is 0. The maximum atomic E-state index is 12.3. The van der Waals surface area contributed by atoms with E-state index in [1.807, 2.05) is 6.07 Å². The van der Waals surface area contributed by atoms with Gasteiger partial charge in [-0.15, -0.1) is 0 Å². The molecule has 0 saturated carbocycles. The Hall–Kier alpha value is -2.22. The predicted molar refractivity (Wildman–Crippen MR) is 53.6 cm³/mol. The molecule has 80 valence electrons. The molecule has 0 radical (unpaired) electrons. The lowest BCUT2D eigenvalue weighted by molar-refractivity contribution is 0.0566. The molecular formula is C11H7F2N3. The minimum atomic E-state index is -2.63. The standard InChI is InChI=1S/C11H7F2N3/c12-11(13)16-7-10(6-15-16)9-3-1-8(5-14)2-4-9/h1-4,6-7,11H. The molecule has 2 aromatic rings. The number of nitriles is 1. The van der Waals surface area contributed by atoms with Crippen molar-refractivity contribution < 1.29 is 8.78 Å². The van der Waals surface area contributed by atoms with Gasteiger partial charge in [-0.2, -0.15) is 19.1 Å². The summed E-state index contributed by atoms with van der Waals surface area (Å²) in [6, 6.07) is 8.66. The van der Waals surface area contributed by atoms with Gasteiger partial charge in [0.05, 0.1) is 17.8 Å². The lowest BCUT2D eigenvalue weighted by atomic mass is 10.1. The van der Waals surface area contributed by atoms with Crippen molar-refractivity contribution in [2.45, 2.75) is 6.55 Å². The van der Waals surface area contributed by atoms with Gasteiger partial charge in [0.25, 0.3) is 0 Å². The van der Waals surface area contributed by atoms with Crippen molar-refractivity contribution in [3.8, 4) is 17.2 Å². The van der Waals surface area contributed by atoms with E-state index >= 15 is 0 Å². The maximum absolute atomic E-state index is 12.3. The van der Waals surface area contributed by atoms with E-state index in [1.54, 1.807) is 24.3 Å². The van der Waals surface area contributed by atoms with Crippen LogP contribution in [0.2, 0.25) is 0 Å². The SMILES string of the molecule is N#Cc1ccc(-c2cnn(C(F)F)c2)cc1. The van der Waals surface area contributed by atoms with E-state index < -0.39 is 6.55 Å². The van der Waals surface area contributed by atoms with Crippen LogP contribution in [0.1, 0.15) is 12.1 Å². The van der Waals surface area contributed by atoms with E-state index in [0.717, 1.165) is 5.56 Å². The molecule has 0 fully saturated rings. The van der Waals surface area contributed by atoms with Gasteiger partial charge in [-0.3, -0.25) is 0 Å². The average molecular weight is 219 g/mol. The lowest BCUT2D eigenvalue weighted by Gasteiger charge is -1.97. The third-order valence-electron chi connectivity index (χ3n) is 2.15. The molecule has 2 rings (SSSR count). The predicted octanol–water partition coefficient (Wildman–Crippen LogP) is 2.82. The van der Waals surface area contributed by atoms with Crippen molar-refractivity contribution in [2.24, 2.45) is 0 Å². The van der Waals surface area contributed by atoms with E-state index in [-0.39, 0.29) is 0 Å². The molecule has 0 N–H and O–H groups in total. The van der Waals surface area contributed by atoms with Crippen LogP contribution in [0, 0.1) is 11.3 Å². The van der Waals surface area contributed by atoms with E-state index in [9.17, 15) is 8.78 Å². The number of nitrogens with zero attached hydrogens (tertiary/aromatic N) is 3. The Morgan fingerprint density at radius 1 is 1.19 bits per heavy atom. The second-order valence-corrected chi connectivity index (χ2v) is 3.18. The van der Waals surface area contributed by atoms with Gasteiger partial charge in [0.15, 0.2) is 0 Å². The van der Waals surface area contributed by atoms with Crippen LogP contribution in [0.3, 0.4) is 0 Å². The van der Waals surface area contributed by atoms with Crippen LogP contribution in [0.15, 0.2) is 36.7 Å². The fraction of sp³-hybridized carbons (Fsp3) is 0.0909. The minimum Gasteiger partial charge on any atom is -0.211 e. The van der Waals surface area contributed by atoms with Crippen LogP contribution in [-0.4, -0.2) is 9.78 Å². The first-order valence-corrected chi connectivity index (χ1v) is 4.53. The van der Waals surface area contributed by atoms with Crippen LogP contribution in [0.25, 0.3) is 11.1 Å². The maximum Gasteiger partial charge on any atom is 0.333 e. The van der Waals surface area contributed by atoms with Crippen molar-refractivity contribution in [3.63, 3.8) is 0 Å². The first kappa shape index (κ1) is 10.3. The molecule has 0 aliphatic rings. The summed E-state index contributed by atoms with van der Waals surface area (Å²) >= 11 is 0. The van der Waals surface area contributed by atoms with Crippen molar-refractivity contribution in [1.29, 1.82) is 5.26 Å². The second-order valence-electron chi connectivity index (χ2n) is 3.18. The van der Waals surface area contributed by atoms with Crippen LogP contribution in [0.4, 0.5) is 8.78 Å². The van der Waals surface area contributed by atoms with Crippen molar-refractivity contribution in [1.82, 2.24) is 9.78 Å². The van der Waals surface area contributed by atoms with Crippen molar-refractivity contribution in [3.05, 3.63) is 42.2 Å². The number of halogens is 2. The monoisotopic (exact) mass is 219 g/mol. The highest BCUT2D eigenvalue weighted by Gasteiger charge is 2.08. The number of hydrogen-bond donors (Lipinski definition) is 0. The summed E-state index contributed by atoms with van der Waals surface area (Å²) < 4.78 is 25.1. The Morgan fingerprint density at radius 2 is 1.88 bits per heavy atom. The van der Waals surface area contributed by atoms with Crippen LogP contribution < -0.4 is 0 Å². The van der Waals surface area contributed by atoms with Crippen LogP contribution in [0.5, 0.6) is 0 Å². The molecule has 0 spiro atoms. The Morgan fingerprint density at radius 3 is 2.38 bits per heavy atom. The molecule has 0 aliphatic carbocycles. The Balaban J connectivity index is 2.32. The third kappa shape index (κ3) is 1.91. The molecule has 0 bridgehead atoms. The van der Waals surface area contributed by atoms with Gasteiger partial charge >= 0.3 is 6.55 Å². The number of benzene rings is 1. The zero-order valence-electron chi connectivity index (χ0n) is 8.14. The number of aromatic nitrogens is 2. The van der Waals surface area contributed by atoms with Crippen molar-refractivity contribution >= 4 is 0 Å². The summed E-state index contributed by atoms with van der Waals surface area (Å²) in [6.07, 6.45) is 2.64. The van der Waals surface area contributed by atoms with Gasteiger partial charge in [0, 0.05) is 11.8 Å². The highest BCUT2D eigenvalue weighted by atomic mass is 19.3. The fourth-order valence-electron chi connectivity index (χ4n) is 1.33. The number of hydrogen-bond acceptors (Lipinski definition) is 2. The zero-order chi connectivity index (χ0) is 11.5. The van der Waals surface area contributed by atoms with E-state index in [1.165, 1.54) is 12.4 Å². The van der Waals surface area contributed by atoms with Gasteiger partial charge in [0.1, 0.15) is 0 Å². The molecule has 1 aromatic carbocycles. The third-order valence-corrected chi connectivity index (χ3v) is 2.15. The highest BCUT2D eigenvalue weighted by molar-refractivity contribution is 5.62. The second kappa shape index (κ2) is 4.11. The van der Waals surface area contributed by atoms with Gasteiger partial charge in [-0.1, -0.05) is 12.1 Å². The van der Waals surface area contributed by atoms with E-state index in [0.29, 0.717) is 15.8 Å². The quantitative estimate of drug-likeness (QED) is 0.779. The molecular weight excluding hydrogens is 212 g/mol. The van der Waals surface area contributed by atoms with E-state index in [2.05, 4.69) is 5.10 Å². The Bertz CT molecular complexity index is 523. The first-order chi connectivity index (χ1) is 7.70. The van der Waals surface area contributed by atoms with Crippen LogP contribution in [-0.2, 0) is 0 Å². The molecule has 1 heterocycles. The normalized spacial score (nSPS) is 10.4. The first-order valence-electron chi connectivity index (χ1n) is 4.53. The summed E-state index contributed by atoms with van der Waals surface area (Å²) in [5, 5.41) is 12.1. The molecule has 3 nitrogen and oxygen atoms in total. The molecule has 0 amide bonds. The molecule has 5 heteroatoms. The Kier molecular flexibility index (Phi) is 2.64. The highest BCUT2D eigenvalue weighted by Crippen LogP contribution is 2.21. The average Bonchev–Trinajstić information content (AvgIpc) is 2.78. The van der Waals surface area contributed by atoms with Gasteiger partial charge in [-0.25, -0.2) is 4.68 Å². The summed E-state index contributed by atoms with van der Waals surface area (Å²) in [4.78, 5) is 0. The smallest absolute Gasteiger partial charge is 0.211 e. The summed E-state index contributed by atoms with van der Waals surface area (Å²) in [6.45, 7) is -2.63. The van der Waals surface area contributed by atoms with Crippen molar-refractivity contribution in [2.75, 3.05) is 0 Å². The summed E-state index contributed by atoms with van der Waals surface area (Å²) in [5.74, 6) is 0. The van der Waals surface area contributed by atoms with Gasteiger partial charge in [-0.05, 0) is 17.7 Å². The minimum absolute atomic E-state index is 0.532. The fourth-order valence-corrected chi connectivity index (χ4v) is 1.33. The molecule has 0 saturated heterocycles. The molecule has 1 aromatic heterocycles. The number of rotatable bonds is 2. The zero-order valence-corrected chi connectivity index (χ0v) is 8.14. The molecule has 0 aliphatic heterocycles. The topological polar surface area (TPSA) is 41.6 Å². The summed E-state index contributed by atoms with van der Waals surface area (Å²) in [5.41, 5.74) is 1.89. The van der Waals surface area contributed by atoms with Gasteiger partial charge < -0.3 is 0 Å². The number of alkyl halides is 2. The molecule has 16 heavy (non-hydrogen) atoms. The molecule has 0 atom stereocenters. The lowest BCUT2D eigenvalue weighted by Crippen LogP contribution is -1.96. The van der Waals surface area contributed by atoms with Gasteiger partial charge in [0.2, 0.25) is 0 Å². The molecule has 0 unspecified atom stereocenters. The van der Waals surface area contributed by atoms with Crippen LogP contribution >= 0.6 is 0 Å². The van der Waals surface area contributed by atoms with E-state index in [4.69, 9.17) is 5.26 Å². The largest absolute Gasteiger partial charge is 0.333 e. The Labute approximate surface area is 90.5 Å².